The molecule has 1 aliphatic rings. The van der Waals surface area contributed by atoms with Gasteiger partial charge >= 0.3 is 0 Å². The second kappa shape index (κ2) is 7.73. The molecule has 2 aromatic carbocycles. The van der Waals surface area contributed by atoms with Crippen molar-refractivity contribution in [2.45, 2.75) is 19.9 Å². The van der Waals surface area contributed by atoms with Crippen molar-refractivity contribution in [2.75, 3.05) is 32.7 Å². The molecule has 0 amide bonds. The van der Waals surface area contributed by atoms with E-state index in [-0.39, 0.29) is 5.78 Å². The number of rotatable bonds is 5. The first-order valence-electron chi connectivity index (χ1n) is 8.75. The van der Waals surface area contributed by atoms with E-state index in [1.54, 1.807) is 0 Å². The molecule has 0 aromatic heterocycles. The summed E-state index contributed by atoms with van der Waals surface area (Å²) in [5.74, 6) is 0.222. The van der Waals surface area contributed by atoms with Crippen LogP contribution >= 0.6 is 0 Å². The van der Waals surface area contributed by atoms with E-state index in [2.05, 4.69) is 47.1 Å². The van der Waals surface area contributed by atoms with Gasteiger partial charge in [-0.2, -0.15) is 0 Å². The fourth-order valence-electron chi connectivity index (χ4n) is 3.28. The molecule has 0 bridgehead atoms. The molecule has 1 aliphatic heterocycles. The van der Waals surface area contributed by atoms with Crippen LogP contribution in [0.1, 0.15) is 34.5 Å². The number of ketones is 1. The first-order chi connectivity index (χ1) is 11.6. The standard InChI is InChI=1S/C21H26N2O/c1-17-8-10-20(11-9-17)21(24)16-22-12-14-23(15-13-22)18(2)19-6-4-3-5-7-19/h3-11,18H,12-16H2,1-2H3. The zero-order chi connectivity index (χ0) is 16.9. The van der Waals surface area contributed by atoms with E-state index < -0.39 is 0 Å². The highest BCUT2D eigenvalue weighted by Gasteiger charge is 2.23. The SMILES string of the molecule is Cc1ccc(C(=O)CN2CCN(C(C)c3ccccc3)CC2)cc1. The molecule has 126 valence electrons. The normalized spacial score (nSPS) is 17.6. The summed E-state index contributed by atoms with van der Waals surface area (Å²) >= 11 is 0. The first kappa shape index (κ1) is 16.9. The quantitative estimate of drug-likeness (QED) is 0.787. The predicted octanol–water partition coefficient (Wildman–Crippen LogP) is 3.56. The number of benzene rings is 2. The van der Waals surface area contributed by atoms with Gasteiger partial charge in [0.15, 0.2) is 5.78 Å². The molecule has 3 rings (SSSR count). The second-order valence-electron chi connectivity index (χ2n) is 6.69. The Kier molecular flexibility index (Phi) is 5.44. The van der Waals surface area contributed by atoms with Crippen LogP contribution in [0.25, 0.3) is 0 Å². The number of aryl methyl sites for hydroxylation is 1. The molecular weight excluding hydrogens is 296 g/mol. The maximum absolute atomic E-state index is 12.4. The second-order valence-corrected chi connectivity index (χ2v) is 6.69. The van der Waals surface area contributed by atoms with Crippen LogP contribution in [0.5, 0.6) is 0 Å². The predicted molar refractivity (Wildman–Crippen MR) is 98.4 cm³/mol. The topological polar surface area (TPSA) is 23.6 Å². The number of nitrogens with zero attached hydrogens (tertiary/aromatic N) is 2. The van der Waals surface area contributed by atoms with Crippen molar-refractivity contribution in [3.63, 3.8) is 0 Å². The minimum Gasteiger partial charge on any atom is -0.294 e. The number of carbonyl (C=O) groups is 1. The van der Waals surface area contributed by atoms with E-state index in [1.165, 1.54) is 11.1 Å². The summed E-state index contributed by atoms with van der Waals surface area (Å²) in [4.78, 5) is 17.2. The summed E-state index contributed by atoms with van der Waals surface area (Å²) in [6.45, 7) is 8.76. The van der Waals surface area contributed by atoms with Gasteiger partial charge in [0, 0.05) is 37.8 Å². The van der Waals surface area contributed by atoms with E-state index in [0.29, 0.717) is 12.6 Å². The van der Waals surface area contributed by atoms with Gasteiger partial charge in [0.05, 0.1) is 6.54 Å². The van der Waals surface area contributed by atoms with Gasteiger partial charge in [-0.3, -0.25) is 14.6 Å². The first-order valence-corrected chi connectivity index (χ1v) is 8.75. The highest BCUT2D eigenvalue weighted by Crippen LogP contribution is 2.21. The van der Waals surface area contributed by atoms with Gasteiger partial charge in [0.1, 0.15) is 0 Å². The van der Waals surface area contributed by atoms with E-state index in [1.807, 2.05) is 31.2 Å². The number of hydrogen-bond donors (Lipinski definition) is 0. The van der Waals surface area contributed by atoms with Crippen LogP contribution in [0.2, 0.25) is 0 Å². The molecule has 0 spiro atoms. The van der Waals surface area contributed by atoms with Crippen molar-refractivity contribution >= 4 is 5.78 Å². The van der Waals surface area contributed by atoms with Crippen LogP contribution in [0.3, 0.4) is 0 Å². The molecule has 1 fully saturated rings. The number of hydrogen-bond acceptors (Lipinski definition) is 3. The van der Waals surface area contributed by atoms with Crippen LogP contribution in [0, 0.1) is 6.92 Å². The smallest absolute Gasteiger partial charge is 0.176 e. The van der Waals surface area contributed by atoms with E-state index in [9.17, 15) is 4.79 Å². The summed E-state index contributed by atoms with van der Waals surface area (Å²) in [5.41, 5.74) is 3.37. The van der Waals surface area contributed by atoms with Gasteiger partial charge in [-0.15, -0.1) is 0 Å². The maximum atomic E-state index is 12.4. The highest BCUT2D eigenvalue weighted by molar-refractivity contribution is 5.97. The van der Waals surface area contributed by atoms with E-state index >= 15 is 0 Å². The molecule has 3 nitrogen and oxygen atoms in total. The number of piperazine rings is 1. The Morgan fingerprint density at radius 1 is 0.958 bits per heavy atom. The number of Topliss-reactive ketones (excluding diaryl/α,β-unsaturated/α-hetero) is 1. The lowest BCUT2D eigenvalue weighted by Gasteiger charge is -2.38. The molecule has 24 heavy (non-hydrogen) atoms. The average Bonchev–Trinajstić information content (AvgIpc) is 2.63. The van der Waals surface area contributed by atoms with Gasteiger partial charge in [0.25, 0.3) is 0 Å². The van der Waals surface area contributed by atoms with Crippen molar-refractivity contribution in [1.82, 2.24) is 9.80 Å². The average molecular weight is 322 g/mol. The molecule has 1 unspecified atom stereocenters. The zero-order valence-electron chi connectivity index (χ0n) is 14.6. The van der Waals surface area contributed by atoms with Crippen LogP contribution in [-0.2, 0) is 0 Å². The van der Waals surface area contributed by atoms with Crippen molar-refractivity contribution < 1.29 is 4.79 Å². The summed E-state index contributed by atoms with van der Waals surface area (Å²) < 4.78 is 0. The Balaban J connectivity index is 1.52. The van der Waals surface area contributed by atoms with Gasteiger partial charge < -0.3 is 0 Å². The molecule has 1 saturated heterocycles. The summed E-state index contributed by atoms with van der Waals surface area (Å²) in [5, 5.41) is 0. The third-order valence-corrected chi connectivity index (χ3v) is 4.98. The molecule has 0 aliphatic carbocycles. The van der Waals surface area contributed by atoms with Gasteiger partial charge in [-0.05, 0) is 19.4 Å². The highest BCUT2D eigenvalue weighted by atomic mass is 16.1. The van der Waals surface area contributed by atoms with Crippen molar-refractivity contribution in [3.05, 3.63) is 71.3 Å². The van der Waals surface area contributed by atoms with E-state index in [0.717, 1.165) is 31.7 Å². The summed E-state index contributed by atoms with van der Waals surface area (Å²) in [7, 11) is 0. The molecule has 1 atom stereocenters. The largest absolute Gasteiger partial charge is 0.294 e. The molecule has 0 saturated carbocycles. The zero-order valence-corrected chi connectivity index (χ0v) is 14.6. The third kappa shape index (κ3) is 4.11. The molecule has 1 heterocycles. The van der Waals surface area contributed by atoms with Gasteiger partial charge in [0.2, 0.25) is 0 Å². The maximum Gasteiger partial charge on any atom is 0.176 e. The lowest BCUT2D eigenvalue weighted by molar-refractivity contribution is 0.0788. The van der Waals surface area contributed by atoms with Crippen molar-refractivity contribution in [3.8, 4) is 0 Å². The summed E-state index contributed by atoms with van der Waals surface area (Å²) in [6, 6.07) is 19.0. The Morgan fingerprint density at radius 2 is 1.58 bits per heavy atom. The van der Waals surface area contributed by atoms with Crippen LogP contribution in [0.4, 0.5) is 0 Å². The van der Waals surface area contributed by atoms with Gasteiger partial charge in [-0.1, -0.05) is 60.2 Å². The summed E-state index contributed by atoms with van der Waals surface area (Å²) in [6.07, 6.45) is 0. The van der Waals surface area contributed by atoms with Crippen LogP contribution in [0.15, 0.2) is 54.6 Å². The third-order valence-electron chi connectivity index (χ3n) is 4.98. The molecule has 2 aromatic rings. The van der Waals surface area contributed by atoms with Gasteiger partial charge in [-0.25, -0.2) is 0 Å². The van der Waals surface area contributed by atoms with E-state index in [4.69, 9.17) is 0 Å². The Labute approximate surface area is 144 Å². The lowest BCUT2D eigenvalue weighted by atomic mass is 10.1. The van der Waals surface area contributed by atoms with Crippen molar-refractivity contribution in [2.24, 2.45) is 0 Å². The molecular formula is C21H26N2O. The minimum atomic E-state index is 0.222. The van der Waals surface area contributed by atoms with Crippen molar-refractivity contribution in [1.29, 1.82) is 0 Å². The van der Waals surface area contributed by atoms with Crippen LogP contribution in [-0.4, -0.2) is 48.3 Å². The Hall–Kier alpha value is -1.97. The monoisotopic (exact) mass is 322 g/mol. The molecule has 0 N–H and O–H groups in total. The fraction of sp³-hybridized carbons (Fsp3) is 0.381. The van der Waals surface area contributed by atoms with Crippen LogP contribution < -0.4 is 0 Å². The number of carbonyl (C=O) groups excluding carboxylic acids is 1. The fourth-order valence-corrected chi connectivity index (χ4v) is 3.28. The Morgan fingerprint density at radius 3 is 2.21 bits per heavy atom. The minimum absolute atomic E-state index is 0.222. The Bertz CT molecular complexity index is 658. The molecule has 0 radical (unpaired) electrons. The molecule has 3 heteroatoms. The lowest BCUT2D eigenvalue weighted by Crippen LogP contribution is -2.48.